The van der Waals surface area contributed by atoms with Gasteiger partial charge in [-0.3, -0.25) is 0 Å². The van der Waals surface area contributed by atoms with Crippen molar-refractivity contribution < 1.29 is 9.47 Å². The smallest absolute Gasteiger partial charge is 0.120 e. The molecular weight excluding hydrogens is 244 g/mol. The largest absolute Gasteiger partial charge is 0.491 e. The SMILES string of the molecule is CCCOCCOc1cccc(Br)c1. The molecule has 0 N–H and O–H groups in total. The highest BCUT2D eigenvalue weighted by molar-refractivity contribution is 9.10. The van der Waals surface area contributed by atoms with Gasteiger partial charge in [-0.05, 0) is 24.6 Å². The maximum atomic E-state index is 5.48. The molecular formula is C11H15BrO2. The second kappa shape index (κ2) is 6.85. The van der Waals surface area contributed by atoms with Crippen LogP contribution >= 0.6 is 15.9 Å². The van der Waals surface area contributed by atoms with Crippen molar-refractivity contribution in [1.82, 2.24) is 0 Å². The molecule has 0 bridgehead atoms. The molecule has 0 aliphatic heterocycles. The summed E-state index contributed by atoms with van der Waals surface area (Å²) in [4.78, 5) is 0. The minimum Gasteiger partial charge on any atom is -0.491 e. The molecule has 1 aromatic carbocycles. The van der Waals surface area contributed by atoms with Gasteiger partial charge >= 0.3 is 0 Å². The maximum absolute atomic E-state index is 5.48. The van der Waals surface area contributed by atoms with E-state index in [1.165, 1.54) is 0 Å². The van der Waals surface area contributed by atoms with Gasteiger partial charge in [-0.2, -0.15) is 0 Å². The van der Waals surface area contributed by atoms with E-state index in [1.807, 2.05) is 24.3 Å². The van der Waals surface area contributed by atoms with Gasteiger partial charge in [0.05, 0.1) is 6.61 Å². The van der Waals surface area contributed by atoms with E-state index in [1.54, 1.807) is 0 Å². The molecule has 14 heavy (non-hydrogen) atoms. The Labute approximate surface area is 93.4 Å². The molecule has 0 aliphatic carbocycles. The van der Waals surface area contributed by atoms with Crippen LogP contribution in [0.1, 0.15) is 13.3 Å². The normalized spacial score (nSPS) is 10.1. The summed E-state index contributed by atoms with van der Waals surface area (Å²) in [5.41, 5.74) is 0. The van der Waals surface area contributed by atoms with Crippen LogP contribution in [-0.2, 0) is 4.74 Å². The number of benzene rings is 1. The molecule has 78 valence electrons. The Morgan fingerprint density at radius 1 is 1.21 bits per heavy atom. The average molecular weight is 259 g/mol. The van der Waals surface area contributed by atoms with Crippen molar-refractivity contribution in [2.75, 3.05) is 19.8 Å². The highest BCUT2D eigenvalue weighted by atomic mass is 79.9. The van der Waals surface area contributed by atoms with Crippen molar-refractivity contribution in [2.24, 2.45) is 0 Å². The first kappa shape index (κ1) is 11.5. The van der Waals surface area contributed by atoms with Gasteiger partial charge in [0, 0.05) is 11.1 Å². The van der Waals surface area contributed by atoms with Crippen LogP contribution in [0, 0.1) is 0 Å². The number of halogens is 1. The van der Waals surface area contributed by atoms with Crippen LogP contribution in [0.3, 0.4) is 0 Å². The van der Waals surface area contributed by atoms with E-state index in [4.69, 9.17) is 9.47 Å². The molecule has 2 nitrogen and oxygen atoms in total. The Hall–Kier alpha value is -0.540. The summed E-state index contributed by atoms with van der Waals surface area (Å²) in [7, 11) is 0. The fourth-order valence-electron chi connectivity index (χ4n) is 1.02. The lowest BCUT2D eigenvalue weighted by Crippen LogP contribution is -2.06. The maximum Gasteiger partial charge on any atom is 0.120 e. The Bertz CT molecular complexity index is 263. The molecule has 0 saturated carbocycles. The molecule has 1 rings (SSSR count). The molecule has 1 aromatic rings. The summed E-state index contributed by atoms with van der Waals surface area (Å²) >= 11 is 3.38. The van der Waals surface area contributed by atoms with E-state index in [9.17, 15) is 0 Å². The third kappa shape index (κ3) is 4.63. The molecule has 0 aromatic heterocycles. The Balaban J connectivity index is 2.18. The van der Waals surface area contributed by atoms with Crippen LogP contribution in [0.15, 0.2) is 28.7 Å². The lowest BCUT2D eigenvalue weighted by molar-refractivity contribution is 0.101. The van der Waals surface area contributed by atoms with E-state index in [0.717, 1.165) is 23.2 Å². The number of hydrogen-bond donors (Lipinski definition) is 0. The highest BCUT2D eigenvalue weighted by Crippen LogP contribution is 2.17. The summed E-state index contributed by atoms with van der Waals surface area (Å²) in [5, 5.41) is 0. The third-order valence-electron chi connectivity index (χ3n) is 1.64. The van der Waals surface area contributed by atoms with Gasteiger partial charge in [0.15, 0.2) is 0 Å². The molecule has 0 saturated heterocycles. The summed E-state index contributed by atoms with van der Waals surface area (Å²) < 4.78 is 11.8. The van der Waals surface area contributed by atoms with Crippen molar-refractivity contribution >= 4 is 15.9 Å². The van der Waals surface area contributed by atoms with Crippen LogP contribution < -0.4 is 4.74 Å². The van der Waals surface area contributed by atoms with Crippen molar-refractivity contribution in [1.29, 1.82) is 0 Å². The zero-order valence-electron chi connectivity index (χ0n) is 8.33. The molecule has 0 heterocycles. The van der Waals surface area contributed by atoms with E-state index in [-0.39, 0.29) is 0 Å². The third-order valence-corrected chi connectivity index (χ3v) is 2.13. The predicted molar refractivity (Wildman–Crippen MR) is 60.7 cm³/mol. The Morgan fingerprint density at radius 3 is 2.79 bits per heavy atom. The Morgan fingerprint density at radius 2 is 2.07 bits per heavy atom. The van der Waals surface area contributed by atoms with E-state index in [2.05, 4.69) is 22.9 Å². The molecule has 0 radical (unpaired) electrons. The van der Waals surface area contributed by atoms with E-state index >= 15 is 0 Å². The summed E-state index contributed by atoms with van der Waals surface area (Å²) in [6.07, 6.45) is 1.05. The van der Waals surface area contributed by atoms with E-state index in [0.29, 0.717) is 13.2 Å². The molecule has 0 amide bonds. The van der Waals surface area contributed by atoms with Crippen molar-refractivity contribution in [3.8, 4) is 5.75 Å². The van der Waals surface area contributed by atoms with Gasteiger partial charge in [0.1, 0.15) is 12.4 Å². The zero-order chi connectivity index (χ0) is 10.2. The van der Waals surface area contributed by atoms with Gasteiger partial charge in [-0.1, -0.05) is 28.9 Å². The van der Waals surface area contributed by atoms with Crippen molar-refractivity contribution in [3.05, 3.63) is 28.7 Å². The lowest BCUT2D eigenvalue weighted by atomic mass is 10.3. The fraction of sp³-hybridized carbons (Fsp3) is 0.455. The van der Waals surface area contributed by atoms with Gasteiger partial charge in [-0.15, -0.1) is 0 Å². The van der Waals surface area contributed by atoms with Gasteiger partial charge in [0.25, 0.3) is 0 Å². The van der Waals surface area contributed by atoms with Gasteiger partial charge in [-0.25, -0.2) is 0 Å². The number of ether oxygens (including phenoxy) is 2. The van der Waals surface area contributed by atoms with Gasteiger partial charge in [0.2, 0.25) is 0 Å². The minimum absolute atomic E-state index is 0.608. The fourth-order valence-corrected chi connectivity index (χ4v) is 1.40. The van der Waals surface area contributed by atoms with Crippen LogP contribution in [0.4, 0.5) is 0 Å². The second-order valence-electron chi connectivity index (χ2n) is 2.92. The zero-order valence-corrected chi connectivity index (χ0v) is 9.92. The molecule has 0 aliphatic rings. The molecule has 3 heteroatoms. The number of rotatable bonds is 6. The highest BCUT2D eigenvalue weighted by Gasteiger charge is 1.94. The molecule has 0 fully saturated rings. The van der Waals surface area contributed by atoms with Gasteiger partial charge < -0.3 is 9.47 Å². The standard InChI is InChI=1S/C11H15BrO2/c1-2-6-13-7-8-14-11-5-3-4-10(12)9-11/h3-5,9H,2,6-8H2,1H3. The second-order valence-corrected chi connectivity index (χ2v) is 3.83. The van der Waals surface area contributed by atoms with E-state index < -0.39 is 0 Å². The Kier molecular flexibility index (Phi) is 5.64. The first-order valence-electron chi connectivity index (χ1n) is 4.79. The predicted octanol–water partition coefficient (Wildman–Crippen LogP) is 3.25. The quantitative estimate of drug-likeness (QED) is 0.730. The van der Waals surface area contributed by atoms with Crippen molar-refractivity contribution in [3.63, 3.8) is 0 Å². The van der Waals surface area contributed by atoms with Crippen molar-refractivity contribution in [2.45, 2.75) is 13.3 Å². The summed E-state index contributed by atoms with van der Waals surface area (Å²) in [5.74, 6) is 0.875. The first-order valence-corrected chi connectivity index (χ1v) is 5.58. The lowest BCUT2D eigenvalue weighted by Gasteiger charge is -2.06. The summed E-state index contributed by atoms with van der Waals surface area (Å²) in [6, 6.07) is 7.80. The topological polar surface area (TPSA) is 18.5 Å². The van der Waals surface area contributed by atoms with Crippen LogP contribution in [0.2, 0.25) is 0 Å². The molecule has 0 unspecified atom stereocenters. The number of hydrogen-bond acceptors (Lipinski definition) is 2. The summed E-state index contributed by atoms with van der Waals surface area (Å²) in [6.45, 7) is 4.16. The monoisotopic (exact) mass is 258 g/mol. The minimum atomic E-state index is 0.608. The van der Waals surface area contributed by atoms with Crippen LogP contribution in [0.5, 0.6) is 5.75 Å². The van der Waals surface area contributed by atoms with Crippen LogP contribution in [0.25, 0.3) is 0 Å². The first-order chi connectivity index (χ1) is 6.83. The molecule has 0 atom stereocenters. The molecule has 0 spiro atoms. The average Bonchev–Trinajstić information content (AvgIpc) is 2.18. The van der Waals surface area contributed by atoms with Crippen LogP contribution in [-0.4, -0.2) is 19.8 Å².